The van der Waals surface area contributed by atoms with Crippen molar-refractivity contribution in [3.63, 3.8) is 0 Å². The number of rotatable bonds is 5. The number of hydrogen-bond donors (Lipinski definition) is 0. The van der Waals surface area contributed by atoms with Gasteiger partial charge in [-0.2, -0.15) is 5.26 Å². The standard InChI is InChI=1S/C24H25N5O3.C6H14/c1-17(12-20-14-26-21(13-25)27-18(20)2)15-29-22(30)24(32-23(29)31)8-10-28(11-9-24)16-19-6-4-3-5-7-19;1-5-6(2,3)4/h3-7,12,14H,8-11,15-16H2,1-2H3;5H2,1-4H3/b17-12+;. The van der Waals surface area contributed by atoms with Gasteiger partial charge in [0.25, 0.3) is 5.91 Å². The Bertz CT molecular complexity index is 1200. The third-order valence-corrected chi connectivity index (χ3v) is 7.04. The van der Waals surface area contributed by atoms with Crippen molar-refractivity contribution in [3.05, 3.63) is 64.7 Å². The second-order valence-corrected chi connectivity index (χ2v) is 11.3. The van der Waals surface area contributed by atoms with Crippen molar-refractivity contribution in [1.82, 2.24) is 19.8 Å². The number of aromatic nitrogens is 2. The Labute approximate surface area is 226 Å². The fourth-order valence-corrected chi connectivity index (χ4v) is 4.19. The normalized spacial score (nSPS) is 17.6. The number of ether oxygens (including phenoxy) is 1. The topological polar surface area (TPSA) is 99.4 Å². The summed E-state index contributed by atoms with van der Waals surface area (Å²) in [6, 6.07) is 12.1. The molecule has 8 nitrogen and oxygen atoms in total. The first kappa shape index (κ1) is 29.0. The molecule has 0 saturated carbocycles. The van der Waals surface area contributed by atoms with Crippen molar-refractivity contribution in [3.8, 4) is 6.07 Å². The predicted molar refractivity (Wildman–Crippen MR) is 147 cm³/mol. The number of hydrogen-bond acceptors (Lipinski definition) is 7. The molecule has 0 unspecified atom stereocenters. The largest absolute Gasteiger partial charge is 0.432 e. The zero-order valence-corrected chi connectivity index (χ0v) is 23.5. The van der Waals surface area contributed by atoms with E-state index in [0.29, 0.717) is 37.0 Å². The van der Waals surface area contributed by atoms with Crippen molar-refractivity contribution < 1.29 is 14.3 Å². The molecule has 0 radical (unpaired) electrons. The Balaban J connectivity index is 0.000000599. The van der Waals surface area contributed by atoms with Crippen molar-refractivity contribution in [2.75, 3.05) is 19.6 Å². The van der Waals surface area contributed by atoms with Gasteiger partial charge < -0.3 is 4.74 Å². The van der Waals surface area contributed by atoms with E-state index in [-0.39, 0.29) is 18.3 Å². The zero-order chi connectivity index (χ0) is 27.9. The fourth-order valence-electron chi connectivity index (χ4n) is 4.19. The number of nitrogens with zero attached hydrogens (tertiary/aromatic N) is 5. The monoisotopic (exact) mass is 517 g/mol. The van der Waals surface area contributed by atoms with Gasteiger partial charge >= 0.3 is 6.09 Å². The van der Waals surface area contributed by atoms with E-state index >= 15 is 0 Å². The maximum absolute atomic E-state index is 13.2. The molecule has 2 saturated heterocycles. The Morgan fingerprint density at radius 1 is 1.18 bits per heavy atom. The third-order valence-electron chi connectivity index (χ3n) is 7.04. The molecule has 2 aromatic rings. The van der Waals surface area contributed by atoms with Crippen LogP contribution in [0.2, 0.25) is 0 Å². The summed E-state index contributed by atoms with van der Waals surface area (Å²) in [6.45, 7) is 14.9. The lowest BCUT2D eigenvalue weighted by atomic mass is 9.90. The quantitative estimate of drug-likeness (QED) is 0.515. The second kappa shape index (κ2) is 12.3. The van der Waals surface area contributed by atoms with Crippen LogP contribution >= 0.6 is 0 Å². The molecule has 2 fully saturated rings. The number of carbonyl (C=O) groups excluding carboxylic acids is 2. The highest BCUT2D eigenvalue weighted by atomic mass is 16.6. The van der Waals surface area contributed by atoms with Crippen molar-refractivity contribution >= 4 is 18.1 Å². The number of amides is 2. The molecular formula is C30H39N5O3. The average Bonchev–Trinajstić information content (AvgIpc) is 3.11. The van der Waals surface area contributed by atoms with E-state index in [0.717, 1.165) is 17.7 Å². The van der Waals surface area contributed by atoms with E-state index in [9.17, 15) is 9.59 Å². The number of likely N-dealkylation sites (tertiary alicyclic amines) is 1. The van der Waals surface area contributed by atoms with Crippen LogP contribution in [0.3, 0.4) is 0 Å². The van der Waals surface area contributed by atoms with E-state index in [1.807, 2.05) is 37.3 Å². The lowest BCUT2D eigenvalue weighted by Gasteiger charge is -2.36. The molecule has 38 heavy (non-hydrogen) atoms. The number of piperidine rings is 1. The summed E-state index contributed by atoms with van der Waals surface area (Å²) in [6.07, 6.45) is 5.06. The molecular weight excluding hydrogens is 478 g/mol. The minimum Gasteiger partial charge on any atom is -0.432 e. The molecule has 0 aliphatic carbocycles. The SMILES string of the molecule is C/C(=C\c1cnc(C#N)nc1C)CN1C(=O)OC2(CCN(Cc3ccccc3)CC2)C1=O.CCC(C)(C)C. The van der Waals surface area contributed by atoms with Gasteiger partial charge in [0.15, 0.2) is 5.60 Å². The van der Waals surface area contributed by atoms with Crippen LogP contribution in [0.25, 0.3) is 6.08 Å². The van der Waals surface area contributed by atoms with Crippen molar-refractivity contribution in [2.45, 2.75) is 73.0 Å². The third kappa shape index (κ3) is 7.48. The number of benzene rings is 1. The molecule has 2 aliphatic heterocycles. The maximum Gasteiger partial charge on any atom is 0.418 e. The molecule has 8 heteroatoms. The molecule has 0 N–H and O–H groups in total. The first-order valence-corrected chi connectivity index (χ1v) is 13.2. The van der Waals surface area contributed by atoms with Gasteiger partial charge in [-0.3, -0.25) is 9.69 Å². The lowest BCUT2D eigenvalue weighted by Crippen LogP contribution is -2.50. The molecule has 1 aromatic heterocycles. The molecule has 4 rings (SSSR count). The van der Waals surface area contributed by atoms with Crippen LogP contribution < -0.4 is 0 Å². The van der Waals surface area contributed by atoms with Gasteiger partial charge in [0.05, 0.1) is 6.54 Å². The van der Waals surface area contributed by atoms with Gasteiger partial charge in [0.1, 0.15) is 6.07 Å². The summed E-state index contributed by atoms with van der Waals surface area (Å²) in [4.78, 5) is 37.3. The van der Waals surface area contributed by atoms with E-state index in [4.69, 9.17) is 10.00 Å². The lowest BCUT2D eigenvalue weighted by molar-refractivity contribution is -0.140. The highest BCUT2D eigenvalue weighted by Crippen LogP contribution is 2.35. The number of carbonyl (C=O) groups is 2. The van der Waals surface area contributed by atoms with Crippen molar-refractivity contribution in [1.29, 1.82) is 5.26 Å². The Kier molecular flexibility index (Phi) is 9.40. The summed E-state index contributed by atoms with van der Waals surface area (Å²) < 4.78 is 5.64. The summed E-state index contributed by atoms with van der Waals surface area (Å²) in [5.74, 6) is -0.154. The van der Waals surface area contributed by atoms with Crippen LogP contribution in [-0.4, -0.2) is 57.0 Å². The van der Waals surface area contributed by atoms with Crippen LogP contribution in [0.15, 0.2) is 42.1 Å². The van der Waals surface area contributed by atoms with Gasteiger partial charge in [0.2, 0.25) is 5.82 Å². The van der Waals surface area contributed by atoms with Gasteiger partial charge in [-0.1, -0.05) is 76.1 Å². The van der Waals surface area contributed by atoms with Gasteiger partial charge in [-0.05, 0) is 24.8 Å². The smallest absolute Gasteiger partial charge is 0.418 e. The van der Waals surface area contributed by atoms with Gasteiger partial charge in [-0.15, -0.1) is 0 Å². The summed E-state index contributed by atoms with van der Waals surface area (Å²) >= 11 is 0. The summed E-state index contributed by atoms with van der Waals surface area (Å²) in [5, 5.41) is 8.91. The number of aryl methyl sites for hydroxylation is 1. The first-order valence-electron chi connectivity index (χ1n) is 13.2. The highest BCUT2D eigenvalue weighted by Gasteiger charge is 2.54. The minimum absolute atomic E-state index is 0.108. The van der Waals surface area contributed by atoms with Crippen LogP contribution in [0.4, 0.5) is 4.79 Å². The molecule has 0 bridgehead atoms. The van der Waals surface area contributed by atoms with E-state index < -0.39 is 11.7 Å². The predicted octanol–water partition coefficient (Wildman–Crippen LogP) is 5.52. The second-order valence-electron chi connectivity index (χ2n) is 11.3. The zero-order valence-electron chi connectivity index (χ0n) is 23.5. The highest BCUT2D eigenvalue weighted by molar-refractivity contribution is 6.03. The Hall–Kier alpha value is -3.57. The average molecular weight is 518 g/mol. The first-order chi connectivity index (χ1) is 18.0. The fraction of sp³-hybridized carbons (Fsp3) is 0.500. The Morgan fingerprint density at radius 2 is 1.82 bits per heavy atom. The number of nitriles is 1. The van der Waals surface area contributed by atoms with Crippen LogP contribution in [0, 0.1) is 23.7 Å². The van der Waals surface area contributed by atoms with Crippen LogP contribution in [0.1, 0.15) is 76.5 Å². The Morgan fingerprint density at radius 3 is 2.37 bits per heavy atom. The van der Waals surface area contributed by atoms with Crippen LogP contribution in [-0.2, 0) is 16.1 Å². The molecule has 2 aliphatic rings. The van der Waals surface area contributed by atoms with E-state index in [1.54, 1.807) is 13.1 Å². The molecule has 0 atom stereocenters. The van der Waals surface area contributed by atoms with Crippen LogP contribution in [0.5, 0.6) is 0 Å². The molecule has 1 spiro atoms. The maximum atomic E-state index is 13.2. The summed E-state index contributed by atoms with van der Waals surface area (Å²) in [5.41, 5.74) is 2.91. The summed E-state index contributed by atoms with van der Waals surface area (Å²) in [7, 11) is 0. The molecule has 2 amide bonds. The van der Waals surface area contributed by atoms with Gasteiger partial charge in [-0.25, -0.2) is 19.7 Å². The van der Waals surface area contributed by atoms with Gasteiger partial charge in [0, 0.05) is 49.9 Å². The van der Waals surface area contributed by atoms with Crippen molar-refractivity contribution in [2.24, 2.45) is 5.41 Å². The number of imide groups is 1. The minimum atomic E-state index is -1.06. The van der Waals surface area contributed by atoms with E-state index in [1.165, 1.54) is 16.9 Å². The van der Waals surface area contributed by atoms with E-state index in [2.05, 4.69) is 54.7 Å². The molecule has 1 aromatic carbocycles. The molecule has 202 valence electrons. The molecule has 3 heterocycles.